The molecule has 0 aromatic heterocycles. The first kappa shape index (κ1) is 14.5. The van der Waals surface area contributed by atoms with Gasteiger partial charge in [0.15, 0.2) is 0 Å². The van der Waals surface area contributed by atoms with E-state index in [-0.39, 0.29) is 4.90 Å². The molecule has 7 heteroatoms. The van der Waals surface area contributed by atoms with Crippen LogP contribution in [-0.4, -0.2) is 8.42 Å². The van der Waals surface area contributed by atoms with E-state index < -0.39 is 15.8 Å². The van der Waals surface area contributed by atoms with Gasteiger partial charge >= 0.3 is 0 Å². The lowest BCUT2D eigenvalue weighted by Crippen LogP contribution is -2.13. The van der Waals surface area contributed by atoms with E-state index in [1.54, 1.807) is 18.2 Å². The fourth-order valence-electron chi connectivity index (χ4n) is 1.41. The predicted octanol–water partition coefficient (Wildman–Crippen LogP) is 3.88. The number of anilines is 1. The molecule has 0 spiro atoms. The Labute approximate surface area is 129 Å². The SMILES string of the molecule is O=S(=O)(Nc1ccc(Cl)cc1I)c1cccc(F)c1. The first-order valence-electron chi connectivity index (χ1n) is 5.12. The predicted molar refractivity (Wildman–Crippen MR) is 81.4 cm³/mol. The highest BCUT2D eigenvalue weighted by Gasteiger charge is 2.16. The third kappa shape index (κ3) is 3.58. The van der Waals surface area contributed by atoms with Crippen molar-refractivity contribution in [1.29, 1.82) is 0 Å². The second kappa shape index (κ2) is 5.64. The second-order valence-corrected chi connectivity index (χ2v) is 6.97. The summed E-state index contributed by atoms with van der Waals surface area (Å²) < 4.78 is 40.3. The Morgan fingerprint density at radius 2 is 1.89 bits per heavy atom. The van der Waals surface area contributed by atoms with Crippen molar-refractivity contribution in [3.8, 4) is 0 Å². The molecule has 0 radical (unpaired) electrons. The van der Waals surface area contributed by atoms with Crippen LogP contribution in [0.5, 0.6) is 0 Å². The lowest BCUT2D eigenvalue weighted by Gasteiger charge is -2.10. The minimum absolute atomic E-state index is 0.127. The summed E-state index contributed by atoms with van der Waals surface area (Å²) in [5.74, 6) is -0.603. The zero-order chi connectivity index (χ0) is 14.0. The van der Waals surface area contributed by atoms with Gasteiger partial charge in [0, 0.05) is 8.59 Å². The zero-order valence-electron chi connectivity index (χ0n) is 9.40. The van der Waals surface area contributed by atoms with E-state index in [9.17, 15) is 12.8 Å². The molecule has 19 heavy (non-hydrogen) atoms. The first-order chi connectivity index (χ1) is 8.88. The highest BCUT2D eigenvalue weighted by molar-refractivity contribution is 14.1. The van der Waals surface area contributed by atoms with Crippen molar-refractivity contribution in [2.75, 3.05) is 4.72 Å². The molecule has 0 saturated heterocycles. The van der Waals surface area contributed by atoms with Gasteiger partial charge in [-0.25, -0.2) is 12.8 Å². The lowest BCUT2D eigenvalue weighted by atomic mass is 10.3. The van der Waals surface area contributed by atoms with Gasteiger partial charge in [-0.1, -0.05) is 17.7 Å². The summed E-state index contributed by atoms with van der Waals surface area (Å²) in [7, 11) is -3.81. The molecule has 0 aliphatic rings. The van der Waals surface area contributed by atoms with E-state index >= 15 is 0 Å². The first-order valence-corrected chi connectivity index (χ1v) is 8.06. The summed E-state index contributed by atoms with van der Waals surface area (Å²) >= 11 is 7.76. The van der Waals surface area contributed by atoms with Crippen LogP contribution in [0.25, 0.3) is 0 Å². The molecule has 100 valence electrons. The van der Waals surface area contributed by atoms with Crippen molar-refractivity contribution in [3.63, 3.8) is 0 Å². The number of hydrogen-bond donors (Lipinski definition) is 1. The summed E-state index contributed by atoms with van der Waals surface area (Å²) in [6.07, 6.45) is 0. The molecule has 0 amide bonds. The highest BCUT2D eigenvalue weighted by atomic mass is 127. The molecule has 2 aromatic rings. The fourth-order valence-corrected chi connectivity index (χ4v) is 3.71. The maximum absolute atomic E-state index is 13.1. The molecule has 0 aliphatic heterocycles. The van der Waals surface area contributed by atoms with E-state index in [0.29, 0.717) is 14.3 Å². The molecule has 0 heterocycles. The van der Waals surface area contributed by atoms with Crippen LogP contribution in [0.2, 0.25) is 5.02 Å². The van der Waals surface area contributed by atoms with Crippen molar-refractivity contribution >= 4 is 49.9 Å². The van der Waals surface area contributed by atoms with Crippen molar-refractivity contribution < 1.29 is 12.8 Å². The molecule has 2 aromatic carbocycles. The normalized spacial score (nSPS) is 11.3. The van der Waals surface area contributed by atoms with Gasteiger partial charge < -0.3 is 0 Å². The lowest BCUT2D eigenvalue weighted by molar-refractivity contribution is 0.595. The number of hydrogen-bond acceptors (Lipinski definition) is 2. The van der Waals surface area contributed by atoms with E-state index in [0.717, 1.165) is 6.07 Å². The van der Waals surface area contributed by atoms with Gasteiger partial charge in [0.2, 0.25) is 0 Å². The van der Waals surface area contributed by atoms with Crippen LogP contribution in [-0.2, 0) is 10.0 Å². The molecule has 3 nitrogen and oxygen atoms in total. The Kier molecular flexibility index (Phi) is 4.32. The quantitative estimate of drug-likeness (QED) is 0.779. The Balaban J connectivity index is 2.36. The Morgan fingerprint density at radius 1 is 1.16 bits per heavy atom. The smallest absolute Gasteiger partial charge is 0.262 e. The monoisotopic (exact) mass is 411 g/mol. The number of rotatable bonds is 3. The van der Waals surface area contributed by atoms with Crippen molar-refractivity contribution in [1.82, 2.24) is 0 Å². The van der Waals surface area contributed by atoms with Gasteiger partial charge in [-0.05, 0) is 59.0 Å². The van der Waals surface area contributed by atoms with Gasteiger partial charge in [0.05, 0.1) is 10.6 Å². The average Bonchev–Trinajstić information content (AvgIpc) is 2.33. The largest absolute Gasteiger partial charge is 0.279 e. The van der Waals surface area contributed by atoms with E-state index in [2.05, 4.69) is 4.72 Å². The van der Waals surface area contributed by atoms with Gasteiger partial charge in [-0.15, -0.1) is 0 Å². The number of nitrogens with one attached hydrogen (secondary N) is 1. The molecule has 0 bridgehead atoms. The minimum atomic E-state index is -3.81. The summed E-state index contributed by atoms with van der Waals surface area (Å²) in [4.78, 5) is -0.127. The second-order valence-electron chi connectivity index (χ2n) is 3.69. The third-order valence-corrected chi connectivity index (χ3v) is 4.77. The topological polar surface area (TPSA) is 46.2 Å². The number of sulfonamides is 1. The molecule has 0 unspecified atom stereocenters. The van der Waals surface area contributed by atoms with Crippen LogP contribution in [0.4, 0.5) is 10.1 Å². The third-order valence-electron chi connectivity index (χ3n) is 2.28. The Bertz CT molecular complexity index is 721. The van der Waals surface area contributed by atoms with Crippen molar-refractivity contribution in [2.45, 2.75) is 4.90 Å². The molecule has 0 atom stereocenters. The van der Waals surface area contributed by atoms with Gasteiger partial charge in [0.25, 0.3) is 10.0 Å². The fraction of sp³-hybridized carbons (Fsp3) is 0. The van der Waals surface area contributed by atoms with Crippen LogP contribution in [0, 0.1) is 9.39 Å². The molecule has 2 rings (SSSR count). The van der Waals surface area contributed by atoms with E-state index in [4.69, 9.17) is 11.6 Å². The summed E-state index contributed by atoms with van der Waals surface area (Å²) in [6, 6.07) is 9.58. The van der Waals surface area contributed by atoms with Gasteiger partial charge in [0.1, 0.15) is 5.82 Å². The summed E-state index contributed by atoms with van der Waals surface area (Å²) in [5.41, 5.74) is 0.397. The minimum Gasteiger partial charge on any atom is -0.279 e. The van der Waals surface area contributed by atoms with Crippen LogP contribution in [0.1, 0.15) is 0 Å². The van der Waals surface area contributed by atoms with E-state index in [1.165, 1.54) is 18.2 Å². The maximum atomic E-state index is 13.1. The number of halogens is 3. The van der Waals surface area contributed by atoms with Crippen LogP contribution in [0.3, 0.4) is 0 Å². The van der Waals surface area contributed by atoms with Crippen LogP contribution < -0.4 is 4.72 Å². The molecule has 1 N–H and O–H groups in total. The maximum Gasteiger partial charge on any atom is 0.262 e. The molecular weight excluding hydrogens is 404 g/mol. The number of benzene rings is 2. The van der Waals surface area contributed by atoms with E-state index in [1.807, 2.05) is 22.6 Å². The molecule has 0 fully saturated rings. The van der Waals surface area contributed by atoms with Crippen LogP contribution in [0.15, 0.2) is 47.4 Å². The molecule has 0 saturated carbocycles. The molecular formula is C12H8ClFINO2S. The summed E-state index contributed by atoms with van der Waals surface area (Å²) in [6.45, 7) is 0. The average molecular weight is 412 g/mol. The molecule has 0 aliphatic carbocycles. The zero-order valence-corrected chi connectivity index (χ0v) is 13.1. The van der Waals surface area contributed by atoms with Crippen molar-refractivity contribution in [3.05, 3.63) is 56.9 Å². The Morgan fingerprint density at radius 3 is 2.53 bits per heavy atom. The van der Waals surface area contributed by atoms with Crippen molar-refractivity contribution in [2.24, 2.45) is 0 Å². The highest BCUT2D eigenvalue weighted by Crippen LogP contribution is 2.25. The Hall–Kier alpha value is -0.860. The summed E-state index contributed by atoms with van der Waals surface area (Å²) in [5, 5.41) is 0.512. The van der Waals surface area contributed by atoms with Crippen LogP contribution >= 0.6 is 34.2 Å². The standard InChI is InChI=1S/C12H8ClFINO2S/c13-8-4-5-12(11(15)6-8)16-19(17,18)10-3-1-2-9(14)7-10/h1-7,16H. The van der Waals surface area contributed by atoms with Gasteiger partial charge in [-0.3, -0.25) is 4.72 Å². The van der Waals surface area contributed by atoms with Gasteiger partial charge in [-0.2, -0.15) is 0 Å².